The predicted molar refractivity (Wildman–Crippen MR) is 114 cm³/mol. The SMILES string of the molecule is CC(=O)Nc1cc(C(=O)NCC(c2ccccc2)S(=O)(=O)c2ccc(F)cc2)ccn1. The average Bonchev–Trinajstić information content (AvgIpc) is 2.74. The summed E-state index contributed by atoms with van der Waals surface area (Å²) in [6.45, 7) is 1.11. The van der Waals surface area contributed by atoms with E-state index in [1.807, 2.05) is 0 Å². The number of carbonyl (C=O) groups excluding carboxylic acids is 2. The molecule has 9 heteroatoms. The van der Waals surface area contributed by atoms with Crippen molar-refractivity contribution in [1.29, 1.82) is 0 Å². The number of amides is 2. The van der Waals surface area contributed by atoms with Gasteiger partial charge in [0, 0.05) is 25.2 Å². The van der Waals surface area contributed by atoms with Gasteiger partial charge in [-0.1, -0.05) is 30.3 Å². The van der Waals surface area contributed by atoms with Crippen LogP contribution in [0, 0.1) is 5.82 Å². The molecule has 3 aromatic rings. The predicted octanol–water partition coefficient (Wildman–Crippen LogP) is 3.12. The number of hydrogen-bond acceptors (Lipinski definition) is 5. The van der Waals surface area contributed by atoms with Crippen molar-refractivity contribution in [3.05, 3.63) is 89.9 Å². The van der Waals surface area contributed by atoms with Gasteiger partial charge in [-0.25, -0.2) is 17.8 Å². The van der Waals surface area contributed by atoms with E-state index in [-0.39, 0.29) is 28.7 Å². The molecule has 31 heavy (non-hydrogen) atoms. The molecule has 0 aliphatic carbocycles. The fourth-order valence-electron chi connectivity index (χ4n) is 2.97. The van der Waals surface area contributed by atoms with Gasteiger partial charge in [0.1, 0.15) is 16.9 Å². The Morgan fingerprint density at radius 2 is 1.71 bits per heavy atom. The standard InChI is InChI=1S/C22H20FN3O4S/c1-15(27)26-21-13-17(11-12-24-21)22(28)25-14-20(16-5-3-2-4-6-16)31(29,30)19-9-7-18(23)8-10-19/h2-13,20H,14H2,1H3,(H,25,28)(H,24,26,27). The molecule has 1 heterocycles. The van der Waals surface area contributed by atoms with Crippen LogP contribution in [-0.2, 0) is 14.6 Å². The van der Waals surface area contributed by atoms with Crippen LogP contribution in [0.2, 0.25) is 0 Å². The fraction of sp³-hybridized carbons (Fsp3) is 0.136. The lowest BCUT2D eigenvalue weighted by Crippen LogP contribution is -2.32. The van der Waals surface area contributed by atoms with E-state index in [1.165, 1.54) is 37.4 Å². The maximum atomic E-state index is 13.3. The van der Waals surface area contributed by atoms with Crippen molar-refractivity contribution in [2.45, 2.75) is 17.1 Å². The summed E-state index contributed by atoms with van der Waals surface area (Å²) in [5.74, 6) is -1.20. The molecule has 0 saturated heterocycles. The topological polar surface area (TPSA) is 105 Å². The average molecular weight is 441 g/mol. The lowest BCUT2D eigenvalue weighted by Gasteiger charge is -2.19. The molecule has 0 aliphatic heterocycles. The molecule has 0 bridgehead atoms. The third-order valence-electron chi connectivity index (χ3n) is 4.46. The molecular formula is C22H20FN3O4S. The zero-order valence-corrected chi connectivity index (χ0v) is 17.4. The minimum Gasteiger partial charge on any atom is -0.350 e. The van der Waals surface area contributed by atoms with Gasteiger partial charge in [0.2, 0.25) is 5.91 Å². The molecule has 3 rings (SSSR count). The van der Waals surface area contributed by atoms with Crippen LogP contribution in [0.5, 0.6) is 0 Å². The number of hydrogen-bond donors (Lipinski definition) is 2. The number of rotatable bonds is 7. The highest BCUT2D eigenvalue weighted by molar-refractivity contribution is 7.91. The highest BCUT2D eigenvalue weighted by atomic mass is 32.2. The normalized spacial score (nSPS) is 12.1. The van der Waals surface area contributed by atoms with Gasteiger partial charge in [-0.3, -0.25) is 9.59 Å². The van der Waals surface area contributed by atoms with Gasteiger partial charge >= 0.3 is 0 Å². The maximum Gasteiger partial charge on any atom is 0.251 e. The number of nitrogens with zero attached hydrogens (tertiary/aromatic N) is 1. The molecule has 0 spiro atoms. The molecule has 0 fully saturated rings. The lowest BCUT2D eigenvalue weighted by atomic mass is 10.1. The maximum absolute atomic E-state index is 13.3. The number of benzene rings is 2. The molecule has 2 N–H and O–H groups in total. The van der Waals surface area contributed by atoms with E-state index in [1.54, 1.807) is 30.3 Å². The molecule has 7 nitrogen and oxygen atoms in total. The molecule has 2 aromatic carbocycles. The summed E-state index contributed by atoms with van der Waals surface area (Å²) >= 11 is 0. The third-order valence-corrected chi connectivity index (χ3v) is 6.58. The fourth-order valence-corrected chi connectivity index (χ4v) is 4.63. The number of aromatic nitrogens is 1. The van der Waals surface area contributed by atoms with Crippen LogP contribution in [0.1, 0.15) is 28.1 Å². The van der Waals surface area contributed by atoms with E-state index in [9.17, 15) is 22.4 Å². The Morgan fingerprint density at radius 1 is 1.03 bits per heavy atom. The first-order valence-corrected chi connectivity index (χ1v) is 10.9. The van der Waals surface area contributed by atoms with E-state index in [0.29, 0.717) is 5.56 Å². The molecule has 1 unspecified atom stereocenters. The second kappa shape index (κ2) is 9.48. The van der Waals surface area contributed by atoms with E-state index in [0.717, 1.165) is 12.1 Å². The van der Waals surface area contributed by atoms with Crippen molar-refractivity contribution in [2.24, 2.45) is 0 Å². The zero-order chi connectivity index (χ0) is 22.4. The smallest absolute Gasteiger partial charge is 0.251 e. The first-order chi connectivity index (χ1) is 14.8. The quantitative estimate of drug-likeness (QED) is 0.548. The number of sulfone groups is 1. The summed E-state index contributed by atoms with van der Waals surface area (Å²) in [6, 6.07) is 15.9. The molecule has 1 atom stereocenters. The minimum atomic E-state index is -3.92. The molecule has 1 aromatic heterocycles. The first kappa shape index (κ1) is 22.1. The Balaban J connectivity index is 1.86. The van der Waals surface area contributed by atoms with Gasteiger partial charge in [-0.2, -0.15) is 0 Å². The summed E-state index contributed by atoms with van der Waals surface area (Å²) in [5.41, 5.74) is 0.700. The van der Waals surface area contributed by atoms with Crippen molar-refractivity contribution in [1.82, 2.24) is 10.3 Å². The number of nitrogens with one attached hydrogen (secondary N) is 2. The second-order valence-electron chi connectivity index (χ2n) is 6.72. The lowest BCUT2D eigenvalue weighted by molar-refractivity contribution is -0.114. The summed E-state index contributed by atoms with van der Waals surface area (Å²) in [7, 11) is -3.92. The minimum absolute atomic E-state index is 0.0474. The largest absolute Gasteiger partial charge is 0.350 e. The number of pyridine rings is 1. The summed E-state index contributed by atoms with van der Waals surface area (Å²) in [5, 5.41) is 4.03. The van der Waals surface area contributed by atoms with Crippen molar-refractivity contribution in [3.8, 4) is 0 Å². The van der Waals surface area contributed by atoms with Crippen molar-refractivity contribution >= 4 is 27.5 Å². The molecule has 2 amide bonds. The van der Waals surface area contributed by atoms with Crippen molar-refractivity contribution < 1.29 is 22.4 Å². The van der Waals surface area contributed by atoms with Gasteiger partial charge in [0.15, 0.2) is 9.84 Å². The van der Waals surface area contributed by atoms with Crippen molar-refractivity contribution in [3.63, 3.8) is 0 Å². The van der Waals surface area contributed by atoms with Crippen molar-refractivity contribution in [2.75, 3.05) is 11.9 Å². The molecule has 0 aliphatic rings. The van der Waals surface area contributed by atoms with Crippen LogP contribution in [-0.4, -0.2) is 31.8 Å². The molecule has 160 valence electrons. The molecular weight excluding hydrogens is 421 g/mol. The van der Waals surface area contributed by atoms with E-state index < -0.39 is 26.8 Å². The van der Waals surface area contributed by atoms with Crippen LogP contribution in [0.3, 0.4) is 0 Å². The van der Waals surface area contributed by atoms with Gasteiger partial charge in [-0.15, -0.1) is 0 Å². The van der Waals surface area contributed by atoms with Gasteiger partial charge < -0.3 is 10.6 Å². The Kier molecular flexibility index (Phi) is 6.76. The number of carbonyl (C=O) groups is 2. The second-order valence-corrected chi connectivity index (χ2v) is 8.85. The summed E-state index contributed by atoms with van der Waals surface area (Å²) in [4.78, 5) is 27.7. The van der Waals surface area contributed by atoms with E-state index in [4.69, 9.17) is 0 Å². The molecule has 0 radical (unpaired) electrons. The van der Waals surface area contributed by atoms with Crippen LogP contribution in [0.15, 0.2) is 77.8 Å². The van der Waals surface area contributed by atoms with Gasteiger partial charge in [0.05, 0.1) is 4.90 Å². The Labute approximate surface area is 179 Å². The van der Waals surface area contributed by atoms with Crippen LogP contribution < -0.4 is 10.6 Å². The van der Waals surface area contributed by atoms with Gasteiger partial charge in [0.25, 0.3) is 5.91 Å². The highest BCUT2D eigenvalue weighted by Gasteiger charge is 2.29. The monoisotopic (exact) mass is 441 g/mol. The van der Waals surface area contributed by atoms with E-state index >= 15 is 0 Å². The van der Waals surface area contributed by atoms with Crippen LogP contribution >= 0.6 is 0 Å². The van der Waals surface area contributed by atoms with Crippen LogP contribution in [0.25, 0.3) is 0 Å². The highest BCUT2D eigenvalue weighted by Crippen LogP contribution is 2.28. The number of halogens is 1. The Hall–Kier alpha value is -3.59. The Morgan fingerprint density at radius 3 is 2.35 bits per heavy atom. The first-order valence-electron chi connectivity index (χ1n) is 9.33. The molecule has 0 saturated carbocycles. The van der Waals surface area contributed by atoms with Crippen LogP contribution in [0.4, 0.5) is 10.2 Å². The van der Waals surface area contributed by atoms with Gasteiger partial charge in [-0.05, 0) is 42.0 Å². The Bertz CT molecular complexity index is 1180. The van der Waals surface area contributed by atoms with E-state index in [2.05, 4.69) is 15.6 Å². The summed E-state index contributed by atoms with van der Waals surface area (Å²) < 4.78 is 39.7. The summed E-state index contributed by atoms with van der Waals surface area (Å²) in [6.07, 6.45) is 1.37. The zero-order valence-electron chi connectivity index (χ0n) is 16.6. The third kappa shape index (κ3) is 5.52. The number of anilines is 1.